The molecule has 3 nitrogen and oxygen atoms in total. The number of hydrogen-bond donors (Lipinski definition) is 1. The summed E-state index contributed by atoms with van der Waals surface area (Å²) in [7, 11) is 0. The second-order valence-corrected chi connectivity index (χ2v) is 1.90. The van der Waals surface area contributed by atoms with E-state index in [4.69, 9.17) is 0 Å². The molecule has 1 unspecified atom stereocenters. The molecule has 8 heavy (non-hydrogen) atoms. The molecule has 1 atom stereocenters. The maximum Gasteiger partial charge on any atom is 0.498 e. The maximum atomic E-state index is 10.9. The van der Waals surface area contributed by atoms with Gasteiger partial charge in [-0.3, -0.25) is 0 Å². The number of nitrogens with two attached hydrogens (primary N) is 1. The standard InChI is InChI=1S/CH2F3NO2S/c2-1(3,4)8(6)7-5/h5H2. The van der Waals surface area contributed by atoms with E-state index in [2.05, 4.69) is 10.2 Å². The van der Waals surface area contributed by atoms with Gasteiger partial charge in [0.1, 0.15) is 0 Å². The van der Waals surface area contributed by atoms with E-state index in [1.165, 1.54) is 0 Å². The highest BCUT2D eigenvalue weighted by atomic mass is 32.2. The summed E-state index contributed by atoms with van der Waals surface area (Å²) >= 11 is -3.37. The van der Waals surface area contributed by atoms with Crippen LogP contribution in [-0.2, 0) is 15.4 Å². The minimum Gasteiger partial charge on any atom is -0.218 e. The summed E-state index contributed by atoms with van der Waals surface area (Å²) in [6.07, 6.45) is 0. The quantitative estimate of drug-likeness (QED) is 0.536. The molecule has 0 aliphatic carbocycles. The fraction of sp³-hybridized carbons (Fsp3) is 1.00. The minimum atomic E-state index is -4.87. The summed E-state index contributed by atoms with van der Waals surface area (Å²) < 4.78 is 45.3. The van der Waals surface area contributed by atoms with Crippen LogP contribution in [0.25, 0.3) is 0 Å². The molecule has 7 heteroatoms. The predicted molar refractivity (Wildman–Crippen MR) is 19.5 cm³/mol. The summed E-state index contributed by atoms with van der Waals surface area (Å²) in [5, 5.41) is 0. The number of halogens is 3. The summed E-state index contributed by atoms with van der Waals surface area (Å²) in [5.41, 5.74) is -4.87. The Kier molecular flexibility index (Phi) is 2.38. The first kappa shape index (κ1) is 7.86. The van der Waals surface area contributed by atoms with Crippen LogP contribution in [0, 0.1) is 0 Å². The van der Waals surface area contributed by atoms with Gasteiger partial charge in [-0.2, -0.15) is 23.4 Å². The van der Waals surface area contributed by atoms with Crippen molar-refractivity contribution in [1.82, 2.24) is 0 Å². The molecule has 0 saturated heterocycles. The zero-order valence-corrected chi connectivity index (χ0v) is 4.25. The molecule has 0 fully saturated rings. The molecule has 0 aliphatic rings. The molecule has 0 aromatic heterocycles. The third-order valence-corrected chi connectivity index (χ3v) is 0.829. The van der Waals surface area contributed by atoms with Crippen molar-refractivity contribution in [3.8, 4) is 0 Å². The smallest absolute Gasteiger partial charge is 0.218 e. The van der Waals surface area contributed by atoms with Gasteiger partial charge in [0.2, 0.25) is 0 Å². The van der Waals surface area contributed by atoms with Crippen molar-refractivity contribution in [2.45, 2.75) is 5.51 Å². The van der Waals surface area contributed by atoms with Crippen molar-refractivity contribution in [3.05, 3.63) is 0 Å². The Morgan fingerprint density at radius 3 is 1.88 bits per heavy atom. The van der Waals surface area contributed by atoms with Crippen molar-refractivity contribution in [1.29, 1.82) is 0 Å². The fourth-order valence-corrected chi connectivity index (χ4v) is 0.164. The molecular weight excluding hydrogens is 147 g/mol. The summed E-state index contributed by atoms with van der Waals surface area (Å²) in [5.74, 6) is 3.94. The van der Waals surface area contributed by atoms with Crippen molar-refractivity contribution in [2.24, 2.45) is 5.90 Å². The normalized spacial score (nSPS) is 16.0. The lowest BCUT2D eigenvalue weighted by Crippen LogP contribution is -2.20. The number of alkyl halides is 3. The molecule has 2 N–H and O–H groups in total. The topological polar surface area (TPSA) is 52.3 Å². The molecular formula is CH2F3NO2S. The minimum absolute atomic E-state index is 2.96. The molecule has 0 radical (unpaired) electrons. The van der Waals surface area contributed by atoms with Crippen LogP contribution in [-0.4, -0.2) is 9.72 Å². The first-order valence-electron chi connectivity index (χ1n) is 1.34. The molecule has 0 aromatic rings. The van der Waals surface area contributed by atoms with Gasteiger partial charge in [0.05, 0.1) is 0 Å². The van der Waals surface area contributed by atoms with Crippen LogP contribution in [0.2, 0.25) is 0 Å². The van der Waals surface area contributed by atoms with Crippen LogP contribution >= 0.6 is 0 Å². The zero-order valence-electron chi connectivity index (χ0n) is 3.44. The Balaban J connectivity index is 3.82. The van der Waals surface area contributed by atoms with Gasteiger partial charge in [-0.25, -0.2) is 4.21 Å². The van der Waals surface area contributed by atoms with Crippen LogP contribution < -0.4 is 5.90 Å². The van der Waals surface area contributed by atoms with E-state index in [9.17, 15) is 17.4 Å². The monoisotopic (exact) mass is 149 g/mol. The van der Waals surface area contributed by atoms with Gasteiger partial charge in [-0.05, 0) is 0 Å². The van der Waals surface area contributed by atoms with Gasteiger partial charge in [-0.1, -0.05) is 0 Å². The van der Waals surface area contributed by atoms with Gasteiger partial charge in [0.15, 0.2) is 0 Å². The molecule has 0 rings (SSSR count). The van der Waals surface area contributed by atoms with Gasteiger partial charge >= 0.3 is 5.51 Å². The first-order chi connectivity index (χ1) is 3.48. The van der Waals surface area contributed by atoms with E-state index in [0.717, 1.165) is 0 Å². The second kappa shape index (κ2) is 2.42. The van der Waals surface area contributed by atoms with Crippen molar-refractivity contribution in [3.63, 3.8) is 0 Å². The van der Waals surface area contributed by atoms with E-state index >= 15 is 0 Å². The van der Waals surface area contributed by atoms with Crippen LogP contribution in [0.1, 0.15) is 0 Å². The molecule has 0 aromatic carbocycles. The Bertz CT molecular complexity index is 99.9. The van der Waals surface area contributed by atoms with E-state index in [1.807, 2.05) is 0 Å². The second-order valence-electron chi connectivity index (χ2n) is 0.777. The predicted octanol–water partition coefficient (Wildman–Crippen LogP) is 0.0602. The zero-order chi connectivity index (χ0) is 6.78. The van der Waals surface area contributed by atoms with Gasteiger partial charge in [0, 0.05) is 0 Å². The summed E-state index contributed by atoms with van der Waals surface area (Å²) in [6.45, 7) is 0. The van der Waals surface area contributed by atoms with Crippen LogP contribution in [0.15, 0.2) is 0 Å². The summed E-state index contributed by atoms with van der Waals surface area (Å²) in [4.78, 5) is 0. The van der Waals surface area contributed by atoms with Crippen molar-refractivity contribution < 1.29 is 21.7 Å². The van der Waals surface area contributed by atoms with Crippen LogP contribution in [0.5, 0.6) is 0 Å². The Morgan fingerprint density at radius 2 is 1.88 bits per heavy atom. The van der Waals surface area contributed by atoms with Gasteiger partial charge in [-0.15, -0.1) is 0 Å². The lowest BCUT2D eigenvalue weighted by atomic mass is 11.6. The summed E-state index contributed by atoms with van der Waals surface area (Å²) in [6, 6.07) is 0. The molecule has 0 aliphatic heterocycles. The van der Waals surface area contributed by atoms with E-state index in [-0.39, 0.29) is 0 Å². The molecule has 0 heterocycles. The van der Waals surface area contributed by atoms with Gasteiger partial charge < -0.3 is 0 Å². The lowest BCUT2D eigenvalue weighted by molar-refractivity contribution is -0.0473. The van der Waals surface area contributed by atoms with Crippen LogP contribution in [0.3, 0.4) is 0 Å². The van der Waals surface area contributed by atoms with Crippen LogP contribution in [0.4, 0.5) is 13.2 Å². The first-order valence-corrected chi connectivity index (χ1v) is 2.42. The highest BCUT2D eigenvalue weighted by Gasteiger charge is 2.38. The van der Waals surface area contributed by atoms with Crippen molar-refractivity contribution in [2.75, 3.05) is 0 Å². The third-order valence-electron chi connectivity index (χ3n) is 0.276. The molecule has 0 saturated carbocycles. The average molecular weight is 149 g/mol. The molecule has 50 valence electrons. The van der Waals surface area contributed by atoms with E-state index in [0.29, 0.717) is 0 Å². The fourth-order valence-electron chi connectivity index (χ4n) is 0.0546. The largest absolute Gasteiger partial charge is 0.498 e. The van der Waals surface area contributed by atoms with E-state index in [1.54, 1.807) is 0 Å². The molecule has 0 amide bonds. The maximum absolute atomic E-state index is 10.9. The Labute approximate surface area is 45.2 Å². The molecule has 0 spiro atoms. The SMILES string of the molecule is NOS(=O)C(F)(F)F. The Morgan fingerprint density at radius 1 is 1.50 bits per heavy atom. The highest BCUT2D eigenvalue weighted by Crippen LogP contribution is 2.18. The van der Waals surface area contributed by atoms with E-state index < -0.39 is 16.6 Å². The van der Waals surface area contributed by atoms with Crippen molar-refractivity contribution >= 4 is 11.1 Å². The molecule has 0 bridgehead atoms. The number of rotatable bonds is 1. The van der Waals surface area contributed by atoms with Gasteiger partial charge in [0.25, 0.3) is 11.1 Å². The Hall–Kier alpha value is -0.140. The lowest BCUT2D eigenvalue weighted by Gasteiger charge is -1.99. The average Bonchev–Trinajstić information content (AvgIpc) is 1.62. The third kappa shape index (κ3) is 2.24. The number of hydrogen-bond acceptors (Lipinski definition) is 3. The highest BCUT2D eigenvalue weighted by molar-refractivity contribution is 7.81.